The van der Waals surface area contributed by atoms with Crippen molar-refractivity contribution in [1.82, 2.24) is 4.90 Å². The monoisotopic (exact) mass is 169 g/mol. The average molecular weight is 169 g/mol. The summed E-state index contributed by atoms with van der Waals surface area (Å²) >= 11 is 1.78. The minimum atomic E-state index is 1.19. The van der Waals surface area contributed by atoms with Gasteiger partial charge in [0.15, 0.2) is 0 Å². The van der Waals surface area contributed by atoms with E-state index in [9.17, 15) is 0 Å². The molecule has 1 rings (SSSR count). The van der Waals surface area contributed by atoms with E-state index in [0.717, 1.165) is 0 Å². The van der Waals surface area contributed by atoms with E-state index in [4.69, 9.17) is 0 Å². The third kappa shape index (κ3) is 3.54. The molecule has 0 radical (unpaired) electrons. The molecule has 0 N–H and O–H groups in total. The molecule has 11 heavy (non-hydrogen) atoms. The molecule has 62 valence electrons. The van der Waals surface area contributed by atoms with Crippen LogP contribution in [0.4, 0.5) is 0 Å². The summed E-state index contributed by atoms with van der Waals surface area (Å²) in [7, 11) is 4.24. The van der Waals surface area contributed by atoms with Gasteiger partial charge in [-0.3, -0.25) is 0 Å². The predicted molar refractivity (Wildman–Crippen MR) is 51.2 cm³/mol. The maximum absolute atomic E-state index is 2.23. The maximum Gasteiger partial charge on any atom is -0.00217 e. The summed E-state index contributed by atoms with van der Waals surface area (Å²) in [4.78, 5) is 2.23. The molecular weight excluding hydrogens is 154 g/mol. The average Bonchev–Trinajstić information content (AvgIpc) is 2.39. The Morgan fingerprint density at radius 2 is 2.27 bits per heavy atom. The molecule has 0 aliphatic carbocycles. The zero-order valence-electron chi connectivity index (χ0n) is 7.21. The predicted octanol–water partition coefficient (Wildman–Crippen LogP) is 2.24. The van der Waals surface area contributed by atoms with Gasteiger partial charge >= 0.3 is 0 Å². The summed E-state index contributed by atoms with van der Waals surface area (Å²) in [6.07, 6.45) is 2.49. The van der Waals surface area contributed by atoms with Crippen molar-refractivity contribution in [3.8, 4) is 0 Å². The van der Waals surface area contributed by atoms with Gasteiger partial charge in [-0.05, 0) is 55.9 Å². The fourth-order valence-electron chi connectivity index (χ4n) is 1.03. The van der Waals surface area contributed by atoms with Crippen LogP contribution >= 0.6 is 11.3 Å². The second kappa shape index (κ2) is 4.52. The Kier molecular flexibility index (Phi) is 3.60. The Labute approximate surface area is 72.7 Å². The van der Waals surface area contributed by atoms with Gasteiger partial charge in [0.05, 0.1) is 0 Å². The molecule has 0 bridgehead atoms. The highest BCUT2D eigenvalue weighted by atomic mass is 32.1. The number of nitrogens with zero attached hydrogens (tertiary/aromatic N) is 1. The Morgan fingerprint density at radius 3 is 2.82 bits per heavy atom. The standard InChI is InChI=1S/C9H15NS/c1-10(2)6-3-4-9-5-7-11-8-9/h5,7-8H,3-4,6H2,1-2H3. The second-order valence-electron chi connectivity index (χ2n) is 3.04. The van der Waals surface area contributed by atoms with Crippen molar-refractivity contribution in [2.45, 2.75) is 12.8 Å². The molecule has 1 aromatic heterocycles. The van der Waals surface area contributed by atoms with Gasteiger partial charge in [-0.2, -0.15) is 11.3 Å². The first-order valence-corrected chi connectivity index (χ1v) is 4.89. The number of thiophene rings is 1. The lowest BCUT2D eigenvalue weighted by Crippen LogP contribution is -2.13. The van der Waals surface area contributed by atoms with Gasteiger partial charge in [-0.1, -0.05) is 0 Å². The molecule has 0 saturated carbocycles. The molecule has 0 aliphatic rings. The molecule has 0 fully saturated rings. The summed E-state index contributed by atoms with van der Waals surface area (Å²) in [6, 6.07) is 2.21. The van der Waals surface area contributed by atoms with Crippen LogP contribution in [0, 0.1) is 0 Å². The Hall–Kier alpha value is -0.340. The number of hydrogen-bond donors (Lipinski definition) is 0. The summed E-state index contributed by atoms with van der Waals surface area (Å²) < 4.78 is 0. The van der Waals surface area contributed by atoms with E-state index < -0.39 is 0 Å². The Morgan fingerprint density at radius 1 is 1.45 bits per heavy atom. The molecule has 0 spiro atoms. The fourth-order valence-corrected chi connectivity index (χ4v) is 1.74. The highest BCUT2D eigenvalue weighted by molar-refractivity contribution is 7.07. The molecular formula is C9H15NS. The van der Waals surface area contributed by atoms with Gasteiger partial charge in [-0.25, -0.2) is 0 Å². The smallest absolute Gasteiger partial charge is 0.00217 e. The van der Waals surface area contributed by atoms with E-state index in [1.165, 1.54) is 24.9 Å². The van der Waals surface area contributed by atoms with Crippen LogP contribution in [0.15, 0.2) is 16.8 Å². The zero-order valence-corrected chi connectivity index (χ0v) is 8.03. The van der Waals surface area contributed by atoms with Gasteiger partial charge in [0.25, 0.3) is 0 Å². The summed E-state index contributed by atoms with van der Waals surface area (Å²) in [5.74, 6) is 0. The molecule has 0 amide bonds. The SMILES string of the molecule is CN(C)CCCc1ccsc1. The fraction of sp³-hybridized carbons (Fsp3) is 0.556. The normalized spacial score (nSPS) is 10.8. The zero-order chi connectivity index (χ0) is 8.10. The van der Waals surface area contributed by atoms with Gasteiger partial charge < -0.3 is 4.90 Å². The van der Waals surface area contributed by atoms with Gasteiger partial charge in [0, 0.05) is 0 Å². The van der Waals surface area contributed by atoms with Crippen LogP contribution in [0.1, 0.15) is 12.0 Å². The first-order chi connectivity index (χ1) is 5.29. The molecule has 0 unspecified atom stereocenters. The molecule has 0 saturated heterocycles. The number of rotatable bonds is 4. The molecule has 1 aromatic rings. The van der Waals surface area contributed by atoms with Crippen molar-refractivity contribution in [2.75, 3.05) is 20.6 Å². The van der Waals surface area contributed by atoms with E-state index in [1.807, 2.05) is 0 Å². The second-order valence-corrected chi connectivity index (χ2v) is 3.82. The van der Waals surface area contributed by atoms with E-state index in [-0.39, 0.29) is 0 Å². The molecule has 0 aromatic carbocycles. The van der Waals surface area contributed by atoms with E-state index in [0.29, 0.717) is 0 Å². The largest absolute Gasteiger partial charge is 0.309 e. The topological polar surface area (TPSA) is 3.24 Å². The number of aryl methyl sites for hydroxylation is 1. The highest BCUT2D eigenvalue weighted by Gasteiger charge is 1.93. The van der Waals surface area contributed by atoms with E-state index in [2.05, 4.69) is 35.8 Å². The van der Waals surface area contributed by atoms with Crippen LogP contribution in [0.3, 0.4) is 0 Å². The van der Waals surface area contributed by atoms with Crippen LogP contribution in [0.25, 0.3) is 0 Å². The van der Waals surface area contributed by atoms with Crippen LogP contribution < -0.4 is 0 Å². The molecule has 2 heteroatoms. The van der Waals surface area contributed by atoms with E-state index in [1.54, 1.807) is 11.3 Å². The van der Waals surface area contributed by atoms with Crippen LogP contribution in [-0.4, -0.2) is 25.5 Å². The summed E-state index contributed by atoms with van der Waals surface area (Å²) in [6.45, 7) is 1.19. The molecule has 0 aliphatic heterocycles. The molecule has 1 nitrogen and oxygen atoms in total. The summed E-state index contributed by atoms with van der Waals surface area (Å²) in [5, 5.41) is 4.38. The first-order valence-electron chi connectivity index (χ1n) is 3.95. The lowest BCUT2D eigenvalue weighted by molar-refractivity contribution is 0.400. The summed E-state index contributed by atoms with van der Waals surface area (Å²) in [5.41, 5.74) is 1.48. The van der Waals surface area contributed by atoms with Crippen molar-refractivity contribution < 1.29 is 0 Å². The van der Waals surface area contributed by atoms with Crippen molar-refractivity contribution in [3.05, 3.63) is 22.4 Å². The minimum Gasteiger partial charge on any atom is -0.309 e. The highest BCUT2D eigenvalue weighted by Crippen LogP contribution is 2.08. The van der Waals surface area contributed by atoms with Crippen molar-refractivity contribution in [2.24, 2.45) is 0 Å². The van der Waals surface area contributed by atoms with Crippen molar-refractivity contribution >= 4 is 11.3 Å². The van der Waals surface area contributed by atoms with Gasteiger partial charge in [0.1, 0.15) is 0 Å². The van der Waals surface area contributed by atoms with Gasteiger partial charge in [-0.15, -0.1) is 0 Å². The van der Waals surface area contributed by atoms with Crippen LogP contribution in [0.5, 0.6) is 0 Å². The first kappa shape index (κ1) is 8.75. The molecule has 1 heterocycles. The number of hydrogen-bond acceptors (Lipinski definition) is 2. The van der Waals surface area contributed by atoms with Gasteiger partial charge in [0.2, 0.25) is 0 Å². The minimum absolute atomic E-state index is 1.19. The Balaban J connectivity index is 2.14. The maximum atomic E-state index is 2.23. The third-order valence-electron chi connectivity index (χ3n) is 1.65. The van der Waals surface area contributed by atoms with Crippen molar-refractivity contribution in [1.29, 1.82) is 0 Å². The Bertz CT molecular complexity index is 179. The lowest BCUT2D eigenvalue weighted by Gasteiger charge is -2.07. The quantitative estimate of drug-likeness (QED) is 0.668. The van der Waals surface area contributed by atoms with E-state index >= 15 is 0 Å². The van der Waals surface area contributed by atoms with Crippen molar-refractivity contribution in [3.63, 3.8) is 0 Å². The molecule has 0 atom stereocenters. The third-order valence-corrected chi connectivity index (χ3v) is 2.38. The van der Waals surface area contributed by atoms with Crippen LogP contribution in [-0.2, 0) is 6.42 Å². The van der Waals surface area contributed by atoms with Crippen LogP contribution in [0.2, 0.25) is 0 Å². The lowest BCUT2D eigenvalue weighted by atomic mass is 10.2.